The number of rotatable bonds is 2. The second kappa shape index (κ2) is 4.93. The molecule has 1 aromatic carbocycles. The van der Waals surface area contributed by atoms with E-state index in [1.165, 1.54) is 18.3 Å². The molecular formula is C8H9FN4O. The van der Waals surface area contributed by atoms with E-state index in [0.29, 0.717) is 5.56 Å². The first-order valence-electron chi connectivity index (χ1n) is 3.74. The minimum atomic E-state index is -0.355. The zero-order valence-corrected chi connectivity index (χ0v) is 7.18. The Labute approximate surface area is 79.7 Å². The molecule has 6 heteroatoms. The van der Waals surface area contributed by atoms with Crippen molar-refractivity contribution in [2.45, 2.75) is 0 Å². The summed E-state index contributed by atoms with van der Waals surface area (Å²) < 4.78 is 12.6. The summed E-state index contributed by atoms with van der Waals surface area (Å²) in [6.45, 7) is 0. The number of hydrogen-bond acceptors (Lipinski definition) is 3. The third-order valence-corrected chi connectivity index (χ3v) is 1.34. The van der Waals surface area contributed by atoms with E-state index < -0.39 is 0 Å². The highest BCUT2D eigenvalue weighted by atomic mass is 19.1. The SMILES string of the molecule is N/C(=N/N=C/c1cccc(F)c1)NO. The third-order valence-electron chi connectivity index (χ3n) is 1.34. The molecule has 0 radical (unpaired) electrons. The van der Waals surface area contributed by atoms with Gasteiger partial charge < -0.3 is 5.73 Å². The van der Waals surface area contributed by atoms with Gasteiger partial charge >= 0.3 is 0 Å². The Kier molecular flexibility index (Phi) is 3.57. The van der Waals surface area contributed by atoms with E-state index in [-0.39, 0.29) is 11.8 Å². The van der Waals surface area contributed by atoms with Gasteiger partial charge in [-0.15, -0.1) is 5.10 Å². The number of guanidine groups is 1. The van der Waals surface area contributed by atoms with E-state index in [2.05, 4.69) is 10.2 Å². The number of benzene rings is 1. The monoisotopic (exact) mass is 196 g/mol. The van der Waals surface area contributed by atoms with Crippen molar-refractivity contribution in [2.24, 2.45) is 15.9 Å². The van der Waals surface area contributed by atoms with Crippen LogP contribution in [-0.4, -0.2) is 17.4 Å². The van der Waals surface area contributed by atoms with Crippen LogP contribution in [0.1, 0.15) is 5.56 Å². The van der Waals surface area contributed by atoms with E-state index in [1.807, 2.05) is 0 Å². The van der Waals surface area contributed by atoms with Crippen molar-refractivity contribution >= 4 is 12.2 Å². The fraction of sp³-hybridized carbons (Fsp3) is 0. The molecule has 0 aliphatic carbocycles. The predicted octanol–water partition coefficient (Wildman–Crippen LogP) is 0.453. The van der Waals surface area contributed by atoms with Crippen LogP contribution in [0.4, 0.5) is 4.39 Å². The highest BCUT2D eigenvalue weighted by Crippen LogP contribution is 2.00. The molecule has 0 unspecified atom stereocenters. The molecule has 1 aromatic rings. The van der Waals surface area contributed by atoms with E-state index in [1.54, 1.807) is 17.6 Å². The molecule has 0 saturated heterocycles. The molecule has 0 spiro atoms. The zero-order valence-electron chi connectivity index (χ0n) is 7.18. The van der Waals surface area contributed by atoms with Gasteiger partial charge in [0, 0.05) is 0 Å². The molecule has 0 fully saturated rings. The van der Waals surface area contributed by atoms with Crippen molar-refractivity contribution in [1.29, 1.82) is 0 Å². The van der Waals surface area contributed by atoms with E-state index >= 15 is 0 Å². The molecule has 4 N–H and O–H groups in total. The highest BCUT2D eigenvalue weighted by molar-refractivity contribution is 5.81. The number of hydroxylamine groups is 1. The van der Waals surface area contributed by atoms with Crippen LogP contribution in [0.2, 0.25) is 0 Å². The highest BCUT2D eigenvalue weighted by Gasteiger charge is 1.90. The Balaban J connectivity index is 2.69. The number of halogens is 1. The summed E-state index contributed by atoms with van der Waals surface area (Å²) in [6.07, 6.45) is 1.31. The number of hydrogen-bond donors (Lipinski definition) is 3. The van der Waals surface area contributed by atoms with E-state index in [4.69, 9.17) is 10.9 Å². The molecule has 0 amide bonds. The predicted molar refractivity (Wildman–Crippen MR) is 50.5 cm³/mol. The Hall–Kier alpha value is -1.95. The van der Waals surface area contributed by atoms with Gasteiger partial charge in [-0.25, -0.2) is 9.87 Å². The molecule has 0 aromatic heterocycles. The lowest BCUT2D eigenvalue weighted by Crippen LogP contribution is -2.27. The Morgan fingerprint density at radius 2 is 2.36 bits per heavy atom. The molecule has 1 rings (SSSR count). The quantitative estimate of drug-likeness (QED) is 0.365. The first kappa shape index (κ1) is 10.1. The Morgan fingerprint density at radius 1 is 1.57 bits per heavy atom. The smallest absolute Gasteiger partial charge is 0.237 e. The van der Waals surface area contributed by atoms with Crippen molar-refractivity contribution in [3.05, 3.63) is 35.6 Å². The van der Waals surface area contributed by atoms with Gasteiger partial charge in [0.05, 0.1) is 6.21 Å². The number of nitrogens with zero attached hydrogens (tertiary/aromatic N) is 2. The van der Waals surface area contributed by atoms with Gasteiger partial charge in [-0.05, 0) is 17.7 Å². The summed E-state index contributed by atoms with van der Waals surface area (Å²) in [5, 5.41) is 15.1. The molecule has 0 heterocycles. The van der Waals surface area contributed by atoms with Crippen molar-refractivity contribution in [3.8, 4) is 0 Å². The minimum absolute atomic E-state index is 0.238. The maximum absolute atomic E-state index is 12.6. The molecule has 0 saturated carbocycles. The minimum Gasteiger partial charge on any atom is -0.367 e. The van der Waals surface area contributed by atoms with Gasteiger partial charge in [-0.3, -0.25) is 5.21 Å². The topological polar surface area (TPSA) is 83.0 Å². The Bertz CT molecular complexity index is 364. The van der Waals surface area contributed by atoms with E-state index in [9.17, 15) is 4.39 Å². The molecule has 5 nitrogen and oxygen atoms in total. The van der Waals surface area contributed by atoms with Crippen molar-refractivity contribution in [3.63, 3.8) is 0 Å². The van der Waals surface area contributed by atoms with Gasteiger partial charge in [-0.1, -0.05) is 12.1 Å². The second-order valence-electron chi connectivity index (χ2n) is 2.40. The summed E-state index contributed by atoms with van der Waals surface area (Å²) in [4.78, 5) is 0. The summed E-state index contributed by atoms with van der Waals surface area (Å²) in [7, 11) is 0. The fourth-order valence-electron chi connectivity index (χ4n) is 0.767. The number of nitrogens with two attached hydrogens (primary N) is 1. The number of nitrogens with one attached hydrogen (secondary N) is 1. The van der Waals surface area contributed by atoms with Crippen LogP contribution in [-0.2, 0) is 0 Å². The summed E-state index contributed by atoms with van der Waals surface area (Å²) in [5.41, 5.74) is 7.23. The van der Waals surface area contributed by atoms with Gasteiger partial charge in [0.1, 0.15) is 5.82 Å². The first-order chi connectivity index (χ1) is 6.72. The summed E-state index contributed by atoms with van der Waals surface area (Å²) in [6, 6.07) is 5.82. The largest absolute Gasteiger partial charge is 0.367 e. The van der Waals surface area contributed by atoms with Crippen LogP contribution < -0.4 is 11.2 Å². The van der Waals surface area contributed by atoms with Crippen molar-refractivity contribution < 1.29 is 9.60 Å². The fourth-order valence-corrected chi connectivity index (χ4v) is 0.767. The molecule has 0 atom stereocenters. The lowest BCUT2D eigenvalue weighted by atomic mass is 10.2. The lowest BCUT2D eigenvalue weighted by molar-refractivity contribution is 0.232. The molecule has 74 valence electrons. The molecule has 14 heavy (non-hydrogen) atoms. The van der Waals surface area contributed by atoms with Crippen molar-refractivity contribution in [1.82, 2.24) is 5.48 Å². The first-order valence-corrected chi connectivity index (χ1v) is 3.74. The average molecular weight is 196 g/mol. The van der Waals surface area contributed by atoms with Crippen LogP contribution in [0.5, 0.6) is 0 Å². The van der Waals surface area contributed by atoms with E-state index in [0.717, 1.165) is 0 Å². The normalized spacial score (nSPS) is 12.0. The third kappa shape index (κ3) is 3.20. The van der Waals surface area contributed by atoms with Crippen LogP contribution in [0.25, 0.3) is 0 Å². The van der Waals surface area contributed by atoms with Crippen LogP contribution >= 0.6 is 0 Å². The van der Waals surface area contributed by atoms with Gasteiger partial charge in [-0.2, -0.15) is 5.10 Å². The maximum atomic E-state index is 12.6. The maximum Gasteiger partial charge on any atom is 0.237 e. The molecular weight excluding hydrogens is 187 g/mol. The molecule has 0 bridgehead atoms. The standard InChI is InChI=1S/C8H9FN4O/c9-7-3-1-2-6(4-7)5-11-12-8(10)13-14/h1-5,14H,(H3,10,12,13)/b11-5+. The van der Waals surface area contributed by atoms with Crippen LogP contribution in [0, 0.1) is 5.82 Å². The van der Waals surface area contributed by atoms with Gasteiger partial charge in [0.2, 0.25) is 5.96 Å². The van der Waals surface area contributed by atoms with Crippen LogP contribution in [0.3, 0.4) is 0 Å². The summed E-state index contributed by atoms with van der Waals surface area (Å²) >= 11 is 0. The van der Waals surface area contributed by atoms with Crippen molar-refractivity contribution in [2.75, 3.05) is 0 Å². The second-order valence-corrected chi connectivity index (χ2v) is 2.40. The molecule has 0 aliphatic rings. The van der Waals surface area contributed by atoms with Crippen LogP contribution in [0.15, 0.2) is 34.5 Å². The zero-order chi connectivity index (χ0) is 10.4. The lowest BCUT2D eigenvalue weighted by Gasteiger charge is -1.92. The van der Waals surface area contributed by atoms with Gasteiger partial charge in [0.15, 0.2) is 0 Å². The molecule has 0 aliphatic heterocycles. The Morgan fingerprint density at radius 3 is 3.00 bits per heavy atom. The average Bonchev–Trinajstić information content (AvgIpc) is 2.17. The summed E-state index contributed by atoms with van der Waals surface area (Å²) in [5.74, 6) is -0.594. The van der Waals surface area contributed by atoms with Gasteiger partial charge in [0.25, 0.3) is 0 Å².